The predicted octanol–water partition coefficient (Wildman–Crippen LogP) is 1.51. The zero-order valence-corrected chi connectivity index (χ0v) is 10.7. The van der Waals surface area contributed by atoms with Crippen molar-refractivity contribution in [3.05, 3.63) is 24.2 Å². The van der Waals surface area contributed by atoms with Crippen molar-refractivity contribution >= 4 is 5.82 Å². The van der Waals surface area contributed by atoms with E-state index in [1.807, 2.05) is 49.1 Å². The Kier molecular flexibility index (Phi) is 3.08. The number of aryl methyl sites for hydroxylation is 2. The van der Waals surface area contributed by atoms with Crippen LogP contribution < -0.4 is 4.90 Å². The van der Waals surface area contributed by atoms with E-state index in [0.717, 1.165) is 29.5 Å². The van der Waals surface area contributed by atoms with Crippen LogP contribution in [0.25, 0.3) is 11.4 Å². The maximum absolute atomic E-state index is 4.47. The SMILES string of the molecule is CCc1nc(-c2ccc(N(C)C)nc2)nn1C. The van der Waals surface area contributed by atoms with E-state index >= 15 is 0 Å². The lowest BCUT2D eigenvalue weighted by Crippen LogP contribution is -2.10. The van der Waals surface area contributed by atoms with Crippen molar-refractivity contribution in [2.75, 3.05) is 19.0 Å². The summed E-state index contributed by atoms with van der Waals surface area (Å²) >= 11 is 0. The van der Waals surface area contributed by atoms with Gasteiger partial charge in [0, 0.05) is 39.3 Å². The molecule has 2 aromatic heterocycles. The van der Waals surface area contributed by atoms with E-state index in [1.165, 1.54) is 0 Å². The van der Waals surface area contributed by atoms with Gasteiger partial charge in [-0.05, 0) is 12.1 Å². The van der Waals surface area contributed by atoms with Crippen LogP contribution in [0, 0.1) is 0 Å². The Morgan fingerprint density at radius 3 is 2.53 bits per heavy atom. The van der Waals surface area contributed by atoms with Crippen LogP contribution in [-0.4, -0.2) is 33.8 Å². The Hall–Kier alpha value is -1.91. The second-order valence-electron chi connectivity index (χ2n) is 4.13. The van der Waals surface area contributed by atoms with Gasteiger partial charge in [0.05, 0.1) is 0 Å². The van der Waals surface area contributed by atoms with E-state index in [1.54, 1.807) is 0 Å². The van der Waals surface area contributed by atoms with Crippen LogP contribution in [0.1, 0.15) is 12.7 Å². The minimum atomic E-state index is 0.738. The molecule has 0 fully saturated rings. The quantitative estimate of drug-likeness (QED) is 0.803. The molecule has 2 aromatic rings. The first-order valence-electron chi connectivity index (χ1n) is 5.65. The molecule has 0 saturated carbocycles. The third kappa shape index (κ3) is 2.27. The number of hydrogen-bond acceptors (Lipinski definition) is 4. The standard InChI is InChI=1S/C12H17N5/c1-5-10-14-12(15-17(10)4)9-6-7-11(13-8-9)16(2)3/h6-8H,5H2,1-4H3. The summed E-state index contributed by atoms with van der Waals surface area (Å²) < 4.78 is 1.81. The lowest BCUT2D eigenvalue weighted by molar-refractivity contribution is 0.710. The van der Waals surface area contributed by atoms with Gasteiger partial charge >= 0.3 is 0 Å². The molecule has 2 heterocycles. The lowest BCUT2D eigenvalue weighted by atomic mass is 10.2. The summed E-state index contributed by atoms with van der Waals surface area (Å²) in [6.07, 6.45) is 2.69. The summed E-state index contributed by atoms with van der Waals surface area (Å²) in [5.41, 5.74) is 0.950. The van der Waals surface area contributed by atoms with Gasteiger partial charge < -0.3 is 4.90 Å². The summed E-state index contributed by atoms with van der Waals surface area (Å²) in [5, 5.41) is 4.38. The van der Waals surface area contributed by atoms with Gasteiger partial charge in [0.25, 0.3) is 0 Å². The molecule has 0 atom stereocenters. The Morgan fingerprint density at radius 2 is 2.06 bits per heavy atom. The number of rotatable bonds is 3. The number of nitrogens with zero attached hydrogens (tertiary/aromatic N) is 5. The molecule has 0 bridgehead atoms. The second kappa shape index (κ2) is 4.53. The van der Waals surface area contributed by atoms with E-state index in [4.69, 9.17) is 0 Å². The molecule has 0 amide bonds. The summed E-state index contributed by atoms with van der Waals surface area (Å²) in [7, 11) is 5.85. The van der Waals surface area contributed by atoms with Crippen LogP contribution in [0.15, 0.2) is 18.3 Å². The summed E-state index contributed by atoms with van der Waals surface area (Å²) in [6, 6.07) is 3.97. The second-order valence-corrected chi connectivity index (χ2v) is 4.13. The number of pyridine rings is 1. The first kappa shape index (κ1) is 11.6. The average Bonchev–Trinajstić information content (AvgIpc) is 2.70. The normalized spacial score (nSPS) is 10.6. The molecule has 5 heteroatoms. The molecule has 0 aliphatic rings. The van der Waals surface area contributed by atoms with Gasteiger partial charge in [-0.3, -0.25) is 4.68 Å². The van der Waals surface area contributed by atoms with Crippen LogP contribution in [0.4, 0.5) is 5.82 Å². The highest BCUT2D eigenvalue weighted by molar-refractivity contribution is 5.55. The maximum atomic E-state index is 4.47. The highest BCUT2D eigenvalue weighted by atomic mass is 15.3. The summed E-state index contributed by atoms with van der Waals surface area (Å²) in [4.78, 5) is 10.8. The third-order valence-electron chi connectivity index (χ3n) is 2.63. The van der Waals surface area contributed by atoms with Gasteiger partial charge in [0.2, 0.25) is 0 Å². The minimum absolute atomic E-state index is 0.738. The first-order valence-corrected chi connectivity index (χ1v) is 5.65. The molecule has 0 saturated heterocycles. The van der Waals surface area contributed by atoms with Crippen LogP contribution in [0.5, 0.6) is 0 Å². The Balaban J connectivity index is 2.33. The van der Waals surface area contributed by atoms with Crippen molar-refractivity contribution in [3.8, 4) is 11.4 Å². The number of anilines is 1. The molecule has 0 N–H and O–H groups in total. The molecular weight excluding hydrogens is 214 g/mol. The fraction of sp³-hybridized carbons (Fsp3) is 0.417. The molecule has 0 unspecified atom stereocenters. The molecule has 17 heavy (non-hydrogen) atoms. The van der Waals surface area contributed by atoms with E-state index in [0.29, 0.717) is 0 Å². The van der Waals surface area contributed by atoms with Crippen molar-refractivity contribution in [3.63, 3.8) is 0 Å². The van der Waals surface area contributed by atoms with Crippen LogP contribution in [0.2, 0.25) is 0 Å². The summed E-state index contributed by atoms with van der Waals surface area (Å²) in [6.45, 7) is 2.07. The molecule has 90 valence electrons. The molecule has 0 radical (unpaired) electrons. The van der Waals surface area contributed by atoms with Crippen molar-refractivity contribution in [2.45, 2.75) is 13.3 Å². The molecule has 0 aliphatic carbocycles. The number of hydrogen-bond donors (Lipinski definition) is 0. The first-order chi connectivity index (χ1) is 8.11. The summed E-state index contributed by atoms with van der Waals surface area (Å²) in [5.74, 6) is 2.65. The van der Waals surface area contributed by atoms with E-state index in [-0.39, 0.29) is 0 Å². The van der Waals surface area contributed by atoms with Crippen LogP contribution in [-0.2, 0) is 13.5 Å². The lowest BCUT2D eigenvalue weighted by Gasteiger charge is -2.10. The van der Waals surface area contributed by atoms with Crippen LogP contribution in [0.3, 0.4) is 0 Å². The van der Waals surface area contributed by atoms with Gasteiger partial charge in [-0.25, -0.2) is 9.97 Å². The van der Waals surface area contributed by atoms with Gasteiger partial charge in [0.1, 0.15) is 11.6 Å². The average molecular weight is 231 g/mol. The van der Waals surface area contributed by atoms with E-state index < -0.39 is 0 Å². The molecule has 0 spiro atoms. The zero-order chi connectivity index (χ0) is 12.4. The molecular formula is C12H17N5. The van der Waals surface area contributed by atoms with Gasteiger partial charge in [-0.2, -0.15) is 5.10 Å². The van der Waals surface area contributed by atoms with Gasteiger partial charge in [-0.1, -0.05) is 6.92 Å². The third-order valence-corrected chi connectivity index (χ3v) is 2.63. The fourth-order valence-corrected chi connectivity index (χ4v) is 1.63. The topological polar surface area (TPSA) is 46.8 Å². The van der Waals surface area contributed by atoms with Crippen molar-refractivity contribution in [1.29, 1.82) is 0 Å². The molecule has 5 nitrogen and oxygen atoms in total. The Labute approximate surface area is 101 Å². The largest absolute Gasteiger partial charge is 0.363 e. The highest BCUT2D eigenvalue weighted by Crippen LogP contribution is 2.17. The Morgan fingerprint density at radius 1 is 1.29 bits per heavy atom. The van der Waals surface area contributed by atoms with Crippen molar-refractivity contribution in [1.82, 2.24) is 19.7 Å². The van der Waals surface area contributed by atoms with Gasteiger partial charge in [-0.15, -0.1) is 0 Å². The monoisotopic (exact) mass is 231 g/mol. The predicted molar refractivity (Wildman–Crippen MR) is 67.9 cm³/mol. The molecule has 0 aromatic carbocycles. The van der Waals surface area contributed by atoms with Crippen LogP contribution >= 0.6 is 0 Å². The molecule has 0 aliphatic heterocycles. The Bertz CT molecular complexity index is 498. The minimum Gasteiger partial charge on any atom is -0.363 e. The number of aromatic nitrogens is 4. The van der Waals surface area contributed by atoms with E-state index in [2.05, 4.69) is 22.0 Å². The maximum Gasteiger partial charge on any atom is 0.182 e. The zero-order valence-electron chi connectivity index (χ0n) is 10.7. The fourth-order valence-electron chi connectivity index (χ4n) is 1.63. The highest BCUT2D eigenvalue weighted by Gasteiger charge is 2.08. The van der Waals surface area contributed by atoms with E-state index in [9.17, 15) is 0 Å². The van der Waals surface area contributed by atoms with Crippen molar-refractivity contribution in [2.24, 2.45) is 7.05 Å². The van der Waals surface area contributed by atoms with Gasteiger partial charge in [0.15, 0.2) is 5.82 Å². The molecule has 2 rings (SSSR count). The smallest absolute Gasteiger partial charge is 0.182 e. The van der Waals surface area contributed by atoms with Crippen molar-refractivity contribution < 1.29 is 0 Å².